The highest BCUT2D eigenvalue weighted by atomic mass is 19.2. The lowest BCUT2D eigenvalue weighted by Gasteiger charge is -1.95. The van der Waals surface area contributed by atoms with Crippen LogP contribution in [-0.4, -0.2) is 16.2 Å². The van der Waals surface area contributed by atoms with Gasteiger partial charge in [-0.2, -0.15) is 4.98 Å². The van der Waals surface area contributed by atoms with Gasteiger partial charge in [0.25, 0.3) is 0 Å². The van der Waals surface area contributed by atoms with Gasteiger partial charge in [0.2, 0.25) is 5.82 Å². The summed E-state index contributed by atoms with van der Waals surface area (Å²) in [5, 5.41) is 6.72. The lowest BCUT2D eigenvalue weighted by molar-refractivity contribution is 0.431. The third-order valence-corrected chi connectivity index (χ3v) is 2.51. The van der Waals surface area contributed by atoms with Crippen molar-refractivity contribution in [2.45, 2.75) is 18.9 Å². The van der Waals surface area contributed by atoms with Crippen molar-refractivity contribution in [2.75, 3.05) is 5.32 Å². The minimum absolute atomic E-state index is 0.243. The molecule has 2 aromatic rings. The van der Waals surface area contributed by atoms with Crippen LogP contribution in [0.3, 0.4) is 0 Å². The van der Waals surface area contributed by atoms with Crippen LogP contribution < -0.4 is 5.32 Å². The molecule has 1 fully saturated rings. The smallest absolute Gasteiger partial charge is 0.322 e. The second kappa shape index (κ2) is 3.80. The van der Waals surface area contributed by atoms with Crippen LogP contribution in [0.4, 0.5) is 14.8 Å². The molecule has 88 valence electrons. The van der Waals surface area contributed by atoms with E-state index in [2.05, 4.69) is 15.5 Å². The van der Waals surface area contributed by atoms with E-state index in [1.807, 2.05) is 0 Å². The van der Waals surface area contributed by atoms with Crippen LogP contribution in [0.25, 0.3) is 11.4 Å². The summed E-state index contributed by atoms with van der Waals surface area (Å²) in [6, 6.07) is 4.20. The first-order valence-electron chi connectivity index (χ1n) is 5.28. The zero-order valence-corrected chi connectivity index (χ0v) is 8.78. The van der Waals surface area contributed by atoms with Crippen LogP contribution in [0, 0.1) is 11.6 Å². The van der Waals surface area contributed by atoms with E-state index in [4.69, 9.17) is 4.52 Å². The molecule has 1 aromatic heterocycles. The standard InChI is InChI=1S/C11H9F2N3O/c12-8-4-1-6(5-9(8)13)10-15-11(17-16-10)14-7-2-3-7/h1,4-5,7H,2-3H2,(H,14,15,16). The van der Waals surface area contributed by atoms with Crippen LogP contribution in [0.15, 0.2) is 22.7 Å². The summed E-state index contributed by atoms with van der Waals surface area (Å²) in [5.41, 5.74) is 0.386. The Hall–Kier alpha value is -1.98. The van der Waals surface area contributed by atoms with Gasteiger partial charge in [0.05, 0.1) is 0 Å². The average Bonchev–Trinajstić information content (AvgIpc) is 2.99. The first kappa shape index (κ1) is 10.2. The molecule has 1 heterocycles. The summed E-state index contributed by atoms with van der Waals surface area (Å²) < 4.78 is 30.7. The minimum Gasteiger partial charge on any atom is -0.335 e. The lowest BCUT2D eigenvalue weighted by Crippen LogP contribution is -2.00. The van der Waals surface area contributed by atoms with E-state index >= 15 is 0 Å². The zero-order chi connectivity index (χ0) is 11.8. The third-order valence-electron chi connectivity index (χ3n) is 2.51. The molecule has 17 heavy (non-hydrogen) atoms. The summed E-state index contributed by atoms with van der Waals surface area (Å²) in [6.07, 6.45) is 2.17. The topological polar surface area (TPSA) is 51.0 Å². The summed E-state index contributed by atoms with van der Waals surface area (Å²) in [7, 11) is 0. The maximum atomic E-state index is 13.0. The average molecular weight is 237 g/mol. The number of anilines is 1. The van der Waals surface area contributed by atoms with Crippen LogP contribution in [0.5, 0.6) is 0 Å². The molecule has 0 unspecified atom stereocenters. The first-order valence-corrected chi connectivity index (χ1v) is 5.28. The van der Waals surface area contributed by atoms with E-state index in [1.54, 1.807) is 0 Å². The molecule has 0 radical (unpaired) electrons. The molecule has 6 heteroatoms. The Bertz CT molecular complexity index is 551. The molecule has 0 amide bonds. The van der Waals surface area contributed by atoms with Crippen molar-refractivity contribution in [2.24, 2.45) is 0 Å². The Morgan fingerprint density at radius 3 is 2.76 bits per heavy atom. The molecule has 1 aliphatic carbocycles. The van der Waals surface area contributed by atoms with Crippen molar-refractivity contribution in [1.29, 1.82) is 0 Å². The molecule has 0 atom stereocenters. The fraction of sp³-hybridized carbons (Fsp3) is 0.273. The van der Waals surface area contributed by atoms with Crippen LogP contribution in [0.1, 0.15) is 12.8 Å². The highest BCUT2D eigenvalue weighted by Gasteiger charge is 2.23. The molecule has 1 aromatic carbocycles. The van der Waals surface area contributed by atoms with Gasteiger partial charge in [-0.3, -0.25) is 0 Å². The fourth-order valence-corrected chi connectivity index (χ4v) is 1.44. The molecule has 1 aliphatic rings. The van der Waals surface area contributed by atoms with E-state index < -0.39 is 11.6 Å². The van der Waals surface area contributed by atoms with Gasteiger partial charge >= 0.3 is 6.01 Å². The normalized spacial score (nSPS) is 14.9. The molecule has 1 N–H and O–H groups in total. The van der Waals surface area contributed by atoms with E-state index in [9.17, 15) is 8.78 Å². The second-order valence-corrected chi connectivity index (χ2v) is 3.97. The molecular weight excluding hydrogens is 228 g/mol. The predicted octanol–water partition coefficient (Wildman–Crippen LogP) is 2.59. The van der Waals surface area contributed by atoms with Crippen LogP contribution in [0.2, 0.25) is 0 Å². The Kier molecular flexibility index (Phi) is 2.28. The van der Waals surface area contributed by atoms with Crippen molar-refractivity contribution in [3.8, 4) is 11.4 Å². The number of hydrogen-bond acceptors (Lipinski definition) is 4. The van der Waals surface area contributed by atoms with Gasteiger partial charge in [-0.15, -0.1) is 0 Å². The highest BCUT2D eigenvalue weighted by Crippen LogP contribution is 2.25. The molecule has 0 saturated heterocycles. The monoisotopic (exact) mass is 237 g/mol. The molecule has 0 spiro atoms. The Morgan fingerprint density at radius 2 is 2.06 bits per heavy atom. The van der Waals surface area contributed by atoms with E-state index in [1.165, 1.54) is 6.07 Å². The van der Waals surface area contributed by atoms with Gasteiger partial charge in [-0.25, -0.2) is 8.78 Å². The minimum atomic E-state index is -0.927. The largest absolute Gasteiger partial charge is 0.335 e. The van der Waals surface area contributed by atoms with Crippen LogP contribution in [-0.2, 0) is 0 Å². The fourth-order valence-electron chi connectivity index (χ4n) is 1.44. The first-order chi connectivity index (χ1) is 8.22. The quantitative estimate of drug-likeness (QED) is 0.891. The Morgan fingerprint density at radius 1 is 1.24 bits per heavy atom. The van der Waals surface area contributed by atoms with Crippen LogP contribution >= 0.6 is 0 Å². The van der Waals surface area contributed by atoms with Crippen molar-refractivity contribution < 1.29 is 13.3 Å². The number of benzene rings is 1. The number of rotatable bonds is 3. The summed E-state index contributed by atoms with van der Waals surface area (Å²) in [5.74, 6) is -1.58. The number of nitrogens with zero attached hydrogens (tertiary/aromatic N) is 2. The zero-order valence-electron chi connectivity index (χ0n) is 8.78. The summed E-state index contributed by atoms with van der Waals surface area (Å²) >= 11 is 0. The van der Waals surface area contributed by atoms with Gasteiger partial charge in [0.15, 0.2) is 11.6 Å². The third kappa shape index (κ3) is 2.11. The molecule has 4 nitrogen and oxygen atoms in total. The maximum Gasteiger partial charge on any atom is 0.322 e. The maximum absolute atomic E-state index is 13.0. The van der Waals surface area contributed by atoms with Gasteiger partial charge < -0.3 is 9.84 Å². The number of nitrogens with one attached hydrogen (secondary N) is 1. The second-order valence-electron chi connectivity index (χ2n) is 3.97. The number of hydrogen-bond donors (Lipinski definition) is 1. The molecular formula is C11H9F2N3O. The van der Waals surface area contributed by atoms with Crippen molar-refractivity contribution in [3.05, 3.63) is 29.8 Å². The van der Waals surface area contributed by atoms with Crippen molar-refractivity contribution in [3.63, 3.8) is 0 Å². The molecule has 0 bridgehead atoms. The van der Waals surface area contributed by atoms with E-state index in [-0.39, 0.29) is 5.82 Å². The highest BCUT2D eigenvalue weighted by molar-refractivity contribution is 5.55. The SMILES string of the molecule is Fc1ccc(-c2noc(NC3CC3)n2)cc1F. The van der Waals surface area contributed by atoms with Gasteiger partial charge in [0.1, 0.15) is 0 Å². The molecule has 1 saturated carbocycles. The van der Waals surface area contributed by atoms with Gasteiger partial charge in [-0.1, -0.05) is 5.16 Å². The molecule has 0 aliphatic heterocycles. The lowest BCUT2D eigenvalue weighted by atomic mass is 10.2. The number of aromatic nitrogens is 2. The van der Waals surface area contributed by atoms with E-state index in [0.717, 1.165) is 25.0 Å². The Balaban J connectivity index is 1.86. The Labute approximate surface area is 95.6 Å². The van der Waals surface area contributed by atoms with Gasteiger partial charge in [0, 0.05) is 11.6 Å². The van der Waals surface area contributed by atoms with E-state index in [0.29, 0.717) is 17.6 Å². The van der Waals surface area contributed by atoms with Gasteiger partial charge in [-0.05, 0) is 31.0 Å². The summed E-state index contributed by atoms with van der Waals surface area (Å²) in [6.45, 7) is 0. The number of halogens is 2. The van der Waals surface area contributed by atoms with Crippen molar-refractivity contribution in [1.82, 2.24) is 10.1 Å². The van der Waals surface area contributed by atoms with Crippen molar-refractivity contribution >= 4 is 6.01 Å². The predicted molar refractivity (Wildman–Crippen MR) is 56.3 cm³/mol. The molecule has 3 rings (SSSR count). The summed E-state index contributed by atoms with van der Waals surface area (Å²) in [4.78, 5) is 4.05.